The summed E-state index contributed by atoms with van der Waals surface area (Å²) in [7, 11) is 0. The van der Waals surface area contributed by atoms with Gasteiger partial charge in [-0.15, -0.1) is 5.92 Å². The monoisotopic (exact) mass is 456 g/mol. The van der Waals surface area contributed by atoms with Gasteiger partial charge >= 0.3 is 5.97 Å². The molecule has 33 heavy (non-hydrogen) atoms. The van der Waals surface area contributed by atoms with Crippen LogP contribution in [-0.4, -0.2) is 78.5 Å². The molecule has 7 nitrogen and oxygen atoms in total. The number of nitrogens with zero attached hydrogens (tertiary/aromatic N) is 3. The molecule has 2 N–H and O–H groups in total. The molecule has 0 atom stereocenters. The van der Waals surface area contributed by atoms with Gasteiger partial charge < -0.3 is 15.4 Å². The van der Waals surface area contributed by atoms with Crippen molar-refractivity contribution >= 4 is 11.8 Å². The highest BCUT2D eigenvalue weighted by Gasteiger charge is 2.28. The molecule has 0 amide bonds. The summed E-state index contributed by atoms with van der Waals surface area (Å²) >= 11 is 0. The molecule has 1 fully saturated rings. The van der Waals surface area contributed by atoms with Crippen LogP contribution in [-0.2, 0) is 9.53 Å². The van der Waals surface area contributed by atoms with Crippen molar-refractivity contribution < 1.29 is 14.3 Å². The van der Waals surface area contributed by atoms with Crippen molar-refractivity contribution in [1.29, 1.82) is 0 Å². The summed E-state index contributed by atoms with van der Waals surface area (Å²) < 4.78 is 5.26. The molecule has 7 heteroatoms. The van der Waals surface area contributed by atoms with Crippen molar-refractivity contribution in [3.8, 4) is 11.8 Å². The first-order valence-electron chi connectivity index (χ1n) is 11.8. The SMILES string of the molecule is CC.CC#CCN(CN1CCN(C(C)C)CC1)/C(C(=O)OCC)=C(\N)C(=O)c1ccccc1. The zero-order chi connectivity index (χ0) is 24.8. The van der Waals surface area contributed by atoms with Crippen LogP contribution in [0.2, 0.25) is 0 Å². The number of ketones is 1. The molecular weight excluding hydrogens is 416 g/mol. The number of piperazine rings is 1. The average molecular weight is 457 g/mol. The van der Waals surface area contributed by atoms with Crippen LogP contribution < -0.4 is 5.73 Å². The molecule has 0 aromatic heterocycles. The van der Waals surface area contributed by atoms with E-state index in [0.29, 0.717) is 18.3 Å². The Labute approximate surface area is 199 Å². The van der Waals surface area contributed by atoms with Gasteiger partial charge in [0.25, 0.3) is 0 Å². The predicted octanol–water partition coefficient (Wildman–Crippen LogP) is 2.94. The number of rotatable bonds is 9. The summed E-state index contributed by atoms with van der Waals surface area (Å²) in [5.74, 6) is 4.86. The Hall–Kier alpha value is -2.82. The lowest BCUT2D eigenvalue weighted by Gasteiger charge is -2.39. The van der Waals surface area contributed by atoms with Crippen molar-refractivity contribution in [2.45, 2.75) is 47.6 Å². The Morgan fingerprint density at radius 2 is 1.73 bits per heavy atom. The van der Waals surface area contributed by atoms with Crippen LogP contribution in [0.4, 0.5) is 0 Å². The van der Waals surface area contributed by atoms with Gasteiger partial charge in [0.2, 0.25) is 5.78 Å². The Morgan fingerprint density at radius 1 is 1.12 bits per heavy atom. The third-order valence-corrected chi connectivity index (χ3v) is 5.28. The molecule has 0 unspecified atom stereocenters. The fourth-order valence-electron chi connectivity index (χ4n) is 3.50. The summed E-state index contributed by atoms with van der Waals surface area (Å²) in [6, 6.07) is 9.21. The standard InChI is InChI=1S/C24H34N4O3.C2H6/c1-5-7-13-28(18-26-14-16-27(17-15-26)19(3)4)22(24(30)31-6-2)21(25)23(29)20-11-9-8-10-12-20;1-2/h8-12,19H,6,13-18,25H2,1-4H3;1-2H3/b22-21-;. The fourth-order valence-corrected chi connectivity index (χ4v) is 3.50. The maximum absolute atomic E-state index is 13.0. The van der Waals surface area contributed by atoms with Crippen molar-refractivity contribution in [2.24, 2.45) is 5.73 Å². The molecule has 1 aromatic carbocycles. The van der Waals surface area contributed by atoms with Gasteiger partial charge in [-0.3, -0.25) is 14.6 Å². The molecule has 0 saturated carbocycles. The number of Topliss-reactive ketones (excluding diaryl/α,β-unsaturated/α-hetero) is 1. The molecule has 182 valence electrons. The summed E-state index contributed by atoms with van der Waals surface area (Å²) in [6.45, 7) is 16.4. The maximum atomic E-state index is 13.0. The summed E-state index contributed by atoms with van der Waals surface area (Å²) in [5, 5.41) is 0. The lowest BCUT2D eigenvalue weighted by Crippen LogP contribution is -2.52. The fraction of sp³-hybridized carbons (Fsp3) is 0.538. The number of allylic oxidation sites excluding steroid dienone is 1. The second-order valence-corrected chi connectivity index (χ2v) is 7.69. The lowest BCUT2D eigenvalue weighted by atomic mass is 10.1. The van der Waals surface area contributed by atoms with Crippen LogP contribution in [0.5, 0.6) is 0 Å². The van der Waals surface area contributed by atoms with Crippen molar-refractivity contribution in [2.75, 3.05) is 46.0 Å². The van der Waals surface area contributed by atoms with Crippen LogP contribution in [0, 0.1) is 11.8 Å². The second-order valence-electron chi connectivity index (χ2n) is 7.69. The minimum Gasteiger partial charge on any atom is -0.461 e. The first kappa shape index (κ1) is 28.2. The zero-order valence-corrected chi connectivity index (χ0v) is 21.1. The minimum atomic E-state index is -0.608. The maximum Gasteiger partial charge on any atom is 0.356 e. The number of benzene rings is 1. The van der Waals surface area contributed by atoms with Crippen LogP contribution >= 0.6 is 0 Å². The third-order valence-electron chi connectivity index (χ3n) is 5.28. The molecule has 2 rings (SSSR count). The van der Waals surface area contributed by atoms with E-state index in [1.165, 1.54) is 0 Å². The van der Waals surface area contributed by atoms with E-state index in [0.717, 1.165) is 26.2 Å². The van der Waals surface area contributed by atoms with Crippen molar-refractivity contribution in [3.05, 3.63) is 47.3 Å². The van der Waals surface area contributed by atoms with Gasteiger partial charge in [-0.2, -0.15) is 0 Å². The molecule has 0 aliphatic carbocycles. The molecular formula is C26H40N4O3. The van der Waals surface area contributed by atoms with Gasteiger partial charge in [0, 0.05) is 37.8 Å². The number of nitrogens with two attached hydrogens (primary N) is 1. The molecule has 0 radical (unpaired) electrons. The normalized spacial score (nSPS) is 14.9. The highest BCUT2D eigenvalue weighted by Crippen LogP contribution is 2.16. The second kappa shape index (κ2) is 15.1. The first-order chi connectivity index (χ1) is 15.9. The Kier molecular flexibility index (Phi) is 12.9. The van der Waals surface area contributed by atoms with Crippen molar-refractivity contribution in [1.82, 2.24) is 14.7 Å². The van der Waals surface area contributed by atoms with E-state index in [-0.39, 0.29) is 24.5 Å². The van der Waals surface area contributed by atoms with Gasteiger partial charge in [0.1, 0.15) is 5.70 Å². The van der Waals surface area contributed by atoms with Crippen LogP contribution in [0.25, 0.3) is 0 Å². The molecule has 1 aliphatic rings. The zero-order valence-electron chi connectivity index (χ0n) is 21.1. The average Bonchev–Trinajstić information content (AvgIpc) is 2.84. The minimum absolute atomic E-state index is 0.0738. The third kappa shape index (κ3) is 8.56. The highest BCUT2D eigenvalue weighted by atomic mass is 16.5. The lowest BCUT2D eigenvalue weighted by molar-refractivity contribution is -0.140. The molecule has 1 heterocycles. The van der Waals surface area contributed by atoms with E-state index in [4.69, 9.17) is 10.5 Å². The summed E-state index contributed by atoms with van der Waals surface area (Å²) in [4.78, 5) is 32.3. The Morgan fingerprint density at radius 3 is 2.24 bits per heavy atom. The Balaban J connectivity index is 0.00000265. The van der Waals surface area contributed by atoms with Crippen LogP contribution in [0.1, 0.15) is 51.9 Å². The summed E-state index contributed by atoms with van der Waals surface area (Å²) in [5.41, 5.74) is 6.65. The molecule has 1 aromatic rings. The molecule has 0 spiro atoms. The number of ether oxygens (including phenoxy) is 1. The van der Waals surface area contributed by atoms with Gasteiger partial charge in [-0.1, -0.05) is 50.1 Å². The van der Waals surface area contributed by atoms with E-state index in [1.54, 1.807) is 43.0 Å². The van der Waals surface area contributed by atoms with Gasteiger partial charge in [0.15, 0.2) is 5.70 Å². The van der Waals surface area contributed by atoms with E-state index < -0.39 is 11.8 Å². The number of carbonyl (C=O) groups excluding carboxylic acids is 2. The van der Waals surface area contributed by atoms with Gasteiger partial charge in [-0.05, 0) is 27.7 Å². The summed E-state index contributed by atoms with van der Waals surface area (Å²) in [6.07, 6.45) is 0. The molecule has 0 bridgehead atoms. The highest BCUT2D eigenvalue weighted by molar-refractivity contribution is 6.12. The van der Waals surface area contributed by atoms with Gasteiger partial charge in [0.05, 0.1) is 19.8 Å². The van der Waals surface area contributed by atoms with Crippen LogP contribution in [0.15, 0.2) is 41.7 Å². The number of carbonyl (C=O) groups is 2. The van der Waals surface area contributed by atoms with E-state index in [1.807, 2.05) is 19.9 Å². The molecule has 1 saturated heterocycles. The Bertz CT molecular complexity index is 832. The number of esters is 1. The van der Waals surface area contributed by atoms with Crippen molar-refractivity contribution in [3.63, 3.8) is 0 Å². The number of hydrogen-bond acceptors (Lipinski definition) is 7. The van der Waals surface area contributed by atoms with E-state index in [2.05, 4.69) is 35.5 Å². The number of hydrogen-bond donors (Lipinski definition) is 1. The smallest absolute Gasteiger partial charge is 0.356 e. The quantitative estimate of drug-likeness (QED) is 0.265. The van der Waals surface area contributed by atoms with Gasteiger partial charge in [-0.25, -0.2) is 4.79 Å². The van der Waals surface area contributed by atoms with E-state index >= 15 is 0 Å². The van der Waals surface area contributed by atoms with Crippen LogP contribution in [0.3, 0.4) is 0 Å². The first-order valence-corrected chi connectivity index (χ1v) is 11.8. The predicted molar refractivity (Wildman–Crippen MR) is 133 cm³/mol. The van der Waals surface area contributed by atoms with E-state index in [9.17, 15) is 9.59 Å². The topological polar surface area (TPSA) is 79.1 Å². The largest absolute Gasteiger partial charge is 0.461 e. The molecule has 1 aliphatic heterocycles.